The van der Waals surface area contributed by atoms with Gasteiger partial charge in [-0.15, -0.1) is 0 Å². The van der Waals surface area contributed by atoms with Crippen LogP contribution in [0.3, 0.4) is 0 Å². The maximum Gasteiger partial charge on any atom is 0.244 e. The minimum Gasteiger partial charge on any atom is -0.493 e. The molecule has 1 saturated carbocycles. The molecular weight excluding hydrogens is 320 g/mol. The number of benzene rings is 1. The Kier molecular flexibility index (Phi) is 5.53. The van der Waals surface area contributed by atoms with Gasteiger partial charge >= 0.3 is 0 Å². The van der Waals surface area contributed by atoms with E-state index in [1.807, 2.05) is 18.2 Å². The normalized spacial score (nSPS) is 15.8. The lowest BCUT2D eigenvalue weighted by atomic mass is 10.2. The molecule has 1 fully saturated rings. The summed E-state index contributed by atoms with van der Waals surface area (Å²) in [5.41, 5.74) is 0.953. The van der Waals surface area contributed by atoms with E-state index in [1.165, 1.54) is 30.2 Å². The SMILES string of the molecule is COc1cc(CNC(=O)[C@@H](C)n2cncn2)ccc1OC1CCCC1. The van der Waals surface area contributed by atoms with Gasteiger partial charge in [-0.25, -0.2) is 9.67 Å². The third-order valence-corrected chi connectivity index (χ3v) is 4.50. The zero-order chi connectivity index (χ0) is 17.6. The topological polar surface area (TPSA) is 78.3 Å². The quantitative estimate of drug-likeness (QED) is 0.835. The molecule has 0 bridgehead atoms. The second kappa shape index (κ2) is 8.00. The molecule has 134 valence electrons. The minimum absolute atomic E-state index is 0.115. The average molecular weight is 344 g/mol. The predicted octanol–water partition coefficient (Wildman–Crippen LogP) is 2.49. The zero-order valence-corrected chi connectivity index (χ0v) is 14.6. The number of rotatable bonds is 7. The number of hydrogen-bond donors (Lipinski definition) is 1. The summed E-state index contributed by atoms with van der Waals surface area (Å²) < 4.78 is 13.0. The van der Waals surface area contributed by atoms with Crippen LogP contribution in [0.4, 0.5) is 0 Å². The van der Waals surface area contributed by atoms with Crippen molar-refractivity contribution >= 4 is 5.91 Å². The molecule has 2 aromatic rings. The highest BCUT2D eigenvalue weighted by atomic mass is 16.5. The lowest BCUT2D eigenvalue weighted by Crippen LogP contribution is -2.30. The summed E-state index contributed by atoms with van der Waals surface area (Å²) in [6.45, 7) is 2.20. The van der Waals surface area contributed by atoms with Crippen LogP contribution in [0.2, 0.25) is 0 Å². The summed E-state index contributed by atoms with van der Waals surface area (Å²) in [5, 5.41) is 6.90. The van der Waals surface area contributed by atoms with E-state index in [0.717, 1.165) is 24.2 Å². The molecule has 1 aliphatic rings. The number of carbonyl (C=O) groups is 1. The molecule has 0 unspecified atom stereocenters. The molecule has 3 rings (SSSR count). The summed E-state index contributed by atoms with van der Waals surface area (Å²) in [4.78, 5) is 16.1. The number of nitrogens with one attached hydrogen (secondary N) is 1. The van der Waals surface area contributed by atoms with Crippen molar-refractivity contribution in [3.63, 3.8) is 0 Å². The van der Waals surface area contributed by atoms with Crippen LogP contribution in [0.5, 0.6) is 11.5 Å². The lowest BCUT2D eigenvalue weighted by Gasteiger charge is -2.17. The number of hydrogen-bond acceptors (Lipinski definition) is 5. The highest BCUT2D eigenvalue weighted by Gasteiger charge is 2.19. The van der Waals surface area contributed by atoms with Crippen LogP contribution in [-0.2, 0) is 11.3 Å². The summed E-state index contributed by atoms with van der Waals surface area (Å²) >= 11 is 0. The summed E-state index contributed by atoms with van der Waals surface area (Å²) in [6, 6.07) is 5.37. The van der Waals surface area contributed by atoms with E-state index in [4.69, 9.17) is 9.47 Å². The van der Waals surface area contributed by atoms with Gasteiger partial charge in [0.15, 0.2) is 11.5 Å². The fraction of sp³-hybridized carbons (Fsp3) is 0.500. The van der Waals surface area contributed by atoms with Crippen LogP contribution in [0.15, 0.2) is 30.9 Å². The number of carbonyl (C=O) groups excluding carboxylic acids is 1. The van der Waals surface area contributed by atoms with Gasteiger partial charge in [0, 0.05) is 6.54 Å². The van der Waals surface area contributed by atoms with Crippen molar-refractivity contribution in [2.24, 2.45) is 0 Å². The molecule has 1 aliphatic carbocycles. The van der Waals surface area contributed by atoms with Gasteiger partial charge in [0.2, 0.25) is 5.91 Å². The Bertz CT molecular complexity index is 696. The first-order valence-electron chi connectivity index (χ1n) is 8.62. The van der Waals surface area contributed by atoms with Gasteiger partial charge in [0.05, 0.1) is 13.2 Å². The summed E-state index contributed by atoms with van der Waals surface area (Å²) in [5.74, 6) is 1.35. The molecule has 1 heterocycles. The fourth-order valence-electron chi connectivity index (χ4n) is 2.98. The van der Waals surface area contributed by atoms with Gasteiger partial charge < -0.3 is 14.8 Å². The smallest absolute Gasteiger partial charge is 0.244 e. The van der Waals surface area contributed by atoms with Crippen LogP contribution in [0, 0.1) is 0 Å². The number of amides is 1. The Balaban J connectivity index is 1.59. The Morgan fingerprint density at radius 1 is 1.36 bits per heavy atom. The van der Waals surface area contributed by atoms with Gasteiger partial charge in [-0.3, -0.25) is 4.79 Å². The van der Waals surface area contributed by atoms with Gasteiger partial charge in [0.25, 0.3) is 0 Å². The number of nitrogens with zero attached hydrogens (tertiary/aromatic N) is 3. The minimum atomic E-state index is -0.408. The van der Waals surface area contributed by atoms with E-state index in [9.17, 15) is 4.79 Å². The molecule has 0 saturated heterocycles. The first-order chi connectivity index (χ1) is 12.2. The van der Waals surface area contributed by atoms with Crippen molar-refractivity contribution in [3.8, 4) is 11.5 Å². The molecule has 0 radical (unpaired) electrons. The molecule has 1 N–H and O–H groups in total. The molecular formula is C18H24N4O3. The largest absolute Gasteiger partial charge is 0.493 e. The number of ether oxygens (including phenoxy) is 2. The Morgan fingerprint density at radius 3 is 2.84 bits per heavy atom. The van der Waals surface area contributed by atoms with Crippen molar-refractivity contribution in [1.82, 2.24) is 20.1 Å². The van der Waals surface area contributed by atoms with E-state index in [1.54, 1.807) is 14.0 Å². The van der Waals surface area contributed by atoms with E-state index in [0.29, 0.717) is 12.3 Å². The maximum absolute atomic E-state index is 12.2. The molecule has 1 atom stereocenters. The monoisotopic (exact) mass is 344 g/mol. The van der Waals surface area contributed by atoms with Crippen molar-refractivity contribution in [1.29, 1.82) is 0 Å². The molecule has 0 spiro atoms. The number of methoxy groups -OCH3 is 1. The molecule has 1 amide bonds. The molecule has 25 heavy (non-hydrogen) atoms. The standard InChI is InChI=1S/C18H24N4O3/c1-13(22-12-19-11-21-22)18(23)20-10-14-7-8-16(17(9-14)24-2)25-15-5-3-4-6-15/h7-9,11-13,15H,3-6,10H2,1-2H3,(H,20,23)/t13-/m1/s1. The van der Waals surface area contributed by atoms with Crippen molar-refractivity contribution in [2.75, 3.05) is 7.11 Å². The van der Waals surface area contributed by atoms with Crippen molar-refractivity contribution in [2.45, 2.75) is 51.3 Å². The van der Waals surface area contributed by atoms with Crippen LogP contribution >= 0.6 is 0 Å². The summed E-state index contributed by atoms with van der Waals surface area (Å²) in [7, 11) is 1.63. The third-order valence-electron chi connectivity index (χ3n) is 4.50. The van der Waals surface area contributed by atoms with Crippen molar-refractivity contribution < 1.29 is 14.3 Å². The summed E-state index contributed by atoms with van der Waals surface area (Å²) in [6.07, 6.45) is 7.87. The lowest BCUT2D eigenvalue weighted by molar-refractivity contribution is -0.124. The molecule has 1 aromatic carbocycles. The van der Waals surface area contributed by atoms with Crippen LogP contribution < -0.4 is 14.8 Å². The van der Waals surface area contributed by atoms with E-state index in [2.05, 4.69) is 15.4 Å². The maximum atomic E-state index is 12.2. The molecule has 1 aromatic heterocycles. The fourth-order valence-corrected chi connectivity index (χ4v) is 2.98. The Morgan fingerprint density at radius 2 is 2.16 bits per heavy atom. The Hall–Kier alpha value is -2.57. The number of aromatic nitrogens is 3. The predicted molar refractivity (Wildman–Crippen MR) is 92.5 cm³/mol. The first-order valence-corrected chi connectivity index (χ1v) is 8.62. The van der Waals surface area contributed by atoms with Crippen molar-refractivity contribution in [3.05, 3.63) is 36.4 Å². The van der Waals surface area contributed by atoms with Gasteiger partial charge in [-0.2, -0.15) is 5.10 Å². The van der Waals surface area contributed by atoms with Gasteiger partial charge in [-0.1, -0.05) is 6.07 Å². The van der Waals surface area contributed by atoms with Gasteiger partial charge in [-0.05, 0) is 50.3 Å². The average Bonchev–Trinajstić information content (AvgIpc) is 3.33. The van der Waals surface area contributed by atoms with Gasteiger partial charge in [0.1, 0.15) is 18.7 Å². The van der Waals surface area contributed by atoms with Crippen LogP contribution in [-0.4, -0.2) is 33.9 Å². The first kappa shape index (κ1) is 17.3. The second-order valence-electron chi connectivity index (χ2n) is 6.28. The molecule has 7 nitrogen and oxygen atoms in total. The van der Waals surface area contributed by atoms with Crippen LogP contribution in [0.25, 0.3) is 0 Å². The molecule has 7 heteroatoms. The Labute approximate surface area is 147 Å². The van der Waals surface area contributed by atoms with Crippen LogP contribution in [0.1, 0.15) is 44.2 Å². The highest BCUT2D eigenvalue weighted by Crippen LogP contribution is 2.32. The third kappa shape index (κ3) is 4.29. The second-order valence-corrected chi connectivity index (χ2v) is 6.28. The zero-order valence-electron chi connectivity index (χ0n) is 14.6. The highest BCUT2D eigenvalue weighted by molar-refractivity contribution is 5.79. The van der Waals surface area contributed by atoms with E-state index >= 15 is 0 Å². The van der Waals surface area contributed by atoms with E-state index < -0.39 is 6.04 Å². The van der Waals surface area contributed by atoms with E-state index in [-0.39, 0.29) is 12.0 Å². The molecule has 0 aliphatic heterocycles.